The molecule has 0 atom stereocenters. The highest BCUT2D eigenvalue weighted by atomic mass is 79.9. The molecule has 360 valence electrons. The van der Waals surface area contributed by atoms with Crippen LogP contribution in [-0.2, 0) is 6.54 Å². The second-order valence-corrected chi connectivity index (χ2v) is 16.6. The summed E-state index contributed by atoms with van der Waals surface area (Å²) in [5.74, 6) is 3.21. The van der Waals surface area contributed by atoms with Gasteiger partial charge in [0.15, 0.2) is 29.3 Å². The number of rotatable bonds is 13. The Balaban J connectivity index is 0.000000184. The highest BCUT2D eigenvalue weighted by Crippen LogP contribution is 2.38. The third-order valence-electron chi connectivity index (χ3n) is 10.9. The first-order chi connectivity index (χ1) is 34.2. The zero-order valence-corrected chi connectivity index (χ0v) is 40.8. The monoisotopic (exact) mass is 1000 g/mol. The maximum atomic E-state index is 10.8. The summed E-state index contributed by atoms with van der Waals surface area (Å²) in [6.07, 6.45) is 13.3. The molecule has 9 rings (SSSR count). The first-order valence-corrected chi connectivity index (χ1v) is 23.6. The molecule has 2 aliphatic heterocycles. The van der Waals surface area contributed by atoms with Gasteiger partial charge in [-0.05, 0) is 134 Å². The molecule has 0 amide bonds. The summed E-state index contributed by atoms with van der Waals surface area (Å²) >= 11 is 3.15. The quantitative estimate of drug-likeness (QED) is 0.0373. The van der Waals surface area contributed by atoms with Gasteiger partial charge in [-0.3, -0.25) is 14.6 Å². The fourth-order valence-corrected chi connectivity index (χ4v) is 7.40. The van der Waals surface area contributed by atoms with Gasteiger partial charge in [0.1, 0.15) is 37.3 Å². The Morgan fingerprint density at radius 2 is 1.11 bits per heavy atom. The van der Waals surface area contributed by atoms with Crippen LogP contribution < -0.4 is 30.0 Å². The molecular weight excluding hydrogens is 949 g/mol. The largest absolute Gasteiger partial charge is 0.486 e. The van der Waals surface area contributed by atoms with Gasteiger partial charge in [-0.15, -0.1) is 0 Å². The molecule has 13 heteroatoms. The predicted octanol–water partition coefficient (Wildman–Crippen LogP) is 10.1. The zero-order chi connectivity index (χ0) is 49.5. The molecule has 0 aliphatic carbocycles. The van der Waals surface area contributed by atoms with Gasteiger partial charge in [0.05, 0.1) is 18.9 Å². The molecule has 0 saturated heterocycles. The van der Waals surface area contributed by atoms with E-state index in [0.717, 1.165) is 79.2 Å². The average Bonchev–Trinajstić information content (AvgIpc) is 3.41. The van der Waals surface area contributed by atoms with Gasteiger partial charge in [0, 0.05) is 43.2 Å². The van der Waals surface area contributed by atoms with Crippen LogP contribution in [0, 0.1) is 13.8 Å². The lowest BCUT2D eigenvalue weighted by Crippen LogP contribution is -2.17. The number of hydrogen-bond donors (Lipinski definition) is 4. The molecule has 2 aliphatic rings. The van der Waals surface area contributed by atoms with Crippen molar-refractivity contribution in [2.45, 2.75) is 20.4 Å². The maximum Gasteiger partial charge on any atom is 0.161 e. The van der Waals surface area contributed by atoms with Crippen LogP contribution in [0.1, 0.15) is 59.8 Å². The van der Waals surface area contributed by atoms with Crippen LogP contribution in [0.25, 0.3) is 46.6 Å². The third-order valence-corrected chi connectivity index (χ3v) is 11.4. The smallest absolute Gasteiger partial charge is 0.161 e. The highest BCUT2D eigenvalue weighted by molar-refractivity contribution is 9.10. The van der Waals surface area contributed by atoms with Gasteiger partial charge < -0.3 is 40.2 Å². The summed E-state index contributed by atoms with van der Waals surface area (Å²) < 4.78 is 23.4. The SMILES string of the molecule is Cc1c(/C=C/c2ccc(C=O)cc2)cccc1-c1ccc2c(c1)OCCO2.Cc1c(/C=C/c2ccc(CNCCO)cn2)cccc1-c1ccc2c(c1)OCCO2.NCCO.O=Cc1ccc(Br)nc1. The molecule has 0 saturated carbocycles. The second kappa shape index (κ2) is 27.7. The maximum absolute atomic E-state index is 10.8. The van der Waals surface area contributed by atoms with E-state index in [4.69, 9.17) is 34.9 Å². The molecule has 0 bridgehead atoms. The van der Waals surface area contributed by atoms with E-state index in [-0.39, 0.29) is 13.2 Å². The van der Waals surface area contributed by atoms with E-state index in [1.165, 1.54) is 28.5 Å². The third kappa shape index (κ3) is 15.4. The number of aromatic nitrogens is 2. The Hall–Kier alpha value is -7.26. The molecule has 5 aromatic carbocycles. The second-order valence-electron chi connectivity index (χ2n) is 15.7. The van der Waals surface area contributed by atoms with E-state index in [9.17, 15) is 9.59 Å². The summed E-state index contributed by atoms with van der Waals surface area (Å²) in [4.78, 5) is 29.2. The Morgan fingerprint density at radius 3 is 1.60 bits per heavy atom. The average molecular weight is 1010 g/mol. The molecule has 7 aromatic rings. The number of aliphatic hydroxyl groups excluding tert-OH is 2. The van der Waals surface area contributed by atoms with E-state index in [2.05, 4.69) is 124 Å². The minimum atomic E-state index is 0.0972. The normalized spacial score (nSPS) is 12.1. The predicted molar refractivity (Wildman–Crippen MR) is 281 cm³/mol. The fraction of sp³-hybridized carbons (Fsp3) is 0.193. The Labute approximate surface area is 417 Å². The summed E-state index contributed by atoms with van der Waals surface area (Å²) in [6.45, 7) is 8.52. The van der Waals surface area contributed by atoms with Crippen LogP contribution in [0.2, 0.25) is 0 Å². The minimum Gasteiger partial charge on any atom is -0.486 e. The molecular formula is C57H57BrN4O8. The van der Waals surface area contributed by atoms with Crippen molar-refractivity contribution < 1.29 is 38.7 Å². The van der Waals surface area contributed by atoms with Gasteiger partial charge in [-0.2, -0.15) is 0 Å². The van der Waals surface area contributed by atoms with Crippen molar-refractivity contribution in [2.24, 2.45) is 5.73 Å². The Morgan fingerprint density at radius 1 is 0.586 bits per heavy atom. The van der Waals surface area contributed by atoms with Crippen molar-refractivity contribution in [2.75, 3.05) is 52.7 Å². The number of nitrogens with two attached hydrogens (primary N) is 1. The van der Waals surface area contributed by atoms with Gasteiger partial charge >= 0.3 is 0 Å². The molecule has 12 nitrogen and oxygen atoms in total. The van der Waals surface area contributed by atoms with Gasteiger partial charge in [0.25, 0.3) is 0 Å². The highest BCUT2D eigenvalue weighted by Gasteiger charge is 2.15. The van der Waals surface area contributed by atoms with Crippen molar-refractivity contribution in [3.8, 4) is 45.3 Å². The number of benzene rings is 5. The van der Waals surface area contributed by atoms with E-state index in [1.54, 1.807) is 12.1 Å². The molecule has 70 heavy (non-hydrogen) atoms. The van der Waals surface area contributed by atoms with E-state index in [1.807, 2.05) is 60.8 Å². The van der Waals surface area contributed by atoms with Crippen molar-refractivity contribution in [3.05, 3.63) is 189 Å². The number of aldehydes is 2. The van der Waals surface area contributed by atoms with Crippen molar-refractivity contribution in [1.29, 1.82) is 0 Å². The minimum absolute atomic E-state index is 0.0972. The van der Waals surface area contributed by atoms with Crippen LogP contribution in [0.4, 0.5) is 0 Å². The number of carbonyl (C=O) groups excluding carboxylic acids is 2. The lowest BCUT2D eigenvalue weighted by molar-refractivity contribution is 0.111. The number of hydrogen-bond acceptors (Lipinski definition) is 12. The van der Waals surface area contributed by atoms with E-state index in [0.29, 0.717) is 57.2 Å². The fourth-order valence-electron chi connectivity index (χ4n) is 7.17. The lowest BCUT2D eigenvalue weighted by Gasteiger charge is -2.19. The number of nitrogens with one attached hydrogen (secondary N) is 1. The Kier molecular flexibility index (Phi) is 20.6. The van der Waals surface area contributed by atoms with Crippen LogP contribution in [0.15, 0.2) is 138 Å². The van der Waals surface area contributed by atoms with Gasteiger partial charge in [-0.1, -0.05) is 97.1 Å². The van der Waals surface area contributed by atoms with Gasteiger partial charge in [0.2, 0.25) is 0 Å². The first-order valence-electron chi connectivity index (χ1n) is 22.8. The van der Waals surface area contributed by atoms with Crippen LogP contribution in [0.5, 0.6) is 23.0 Å². The molecule has 0 fully saturated rings. The molecule has 0 unspecified atom stereocenters. The number of pyridine rings is 2. The summed E-state index contributed by atoms with van der Waals surface area (Å²) in [5, 5.41) is 19.7. The molecule has 4 heterocycles. The van der Waals surface area contributed by atoms with Crippen molar-refractivity contribution >= 4 is 52.8 Å². The molecule has 5 N–H and O–H groups in total. The first kappa shape index (κ1) is 52.1. The number of carbonyl (C=O) groups is 2. The number of nitrogens with zero attached hydrogens (tertiary/aromatic N) is 2. The summed E-state index contributed by atoms with van der Waals surface area (Å²) in [6, 6.07) is 39.8. The molecule has 0 radical (unpaired) electrons. The van der Waals surface area contributed by atoms with E-state index >= 15 is 0 Å². The number of aliphatic hydroxyl groups is 2. The topological polar surface area (TPSA) is 175 Å². The van der Waals surface area contributed by atoms with Crippen LogP contribution in [-0.4, -0.2) is 85.5 Å². The standard InChI is InChI=1S/C25H26N2O3.C24H20O3.C6H4BrNO.C2H7NO/c1-18-20(6-9-22-8-5-19(17-27-22)16-26-11-12-28)3-2-4-23(18)21-7-10-24-25(15-21)30-14-13-29-24;1-17-20(10-9-18-5-7-19(16-25)8-6-18)3-2-4-22(17)21-11-12-23-24(15-21)27-14-13-26-23;7-6-2-1-5(4-9)3-8-6;3-1-2-4/h2-10,15,17,26,28H,11-14,16H2,1H3;2-12,15-16H,13-14H2,1H3;1-4H;4H,1-3H2/b9-6+;10-9+;;. The Bertz CT molecular complexity index is 2830. The zero-order valence-electron chi connectivity index (χ0n) is 39.2. The molecule has 2 aromatic heterocycles. The summed E-state index contributed by atoms with van der Waals surface area (Å²) in [5.41, 5.74) is 18.4. The van der Waals surface area contributed by atoms with Gasteiger partial charge in [-0.25, -0.2) is 4.98 Å². The molecule has 0 spiro atoms. The number of halogens is 1. The lowest BCUT2D eigenvalue weighted by atomic mass is 9.95. The van der Waals surface area contributed by atoms with Crippen LogP contribution >= 0.6 is 15.9 Å². The van der Waals surface area contributed by atoms with Crippen molar-refractivity contribution in [3.63, 3.8) is 0 Å². The van der Waals surface area contributed by atoms with Crippen molar-refractivity contribution in [1.82, 2.24) is 15.3 Å². The number of fused-ring (bicyclic) bond motifs is 2. The van der Waals surface area contributed by atoms with E-state index < -0.39 is 0 Å². The number of ether oxygens (including phenoxy) is 4. The summed E-state index contributed by atoms with van der Waals surface area (Å²) in [7, 11) is 0. The van der Waals surface area contributed by atoms with Crippen LogP contribution in [0.3, 0.4) is 0 Å².